The summed E-state index contributed by atoms with van der Waals surface area (Å²) in [5.74, 6) is -1.68. The van der Waals surface area contributed by atoms with Crippen molar-refractivity contribution in [3.05, 3.63) is 35.4 Å². The zero-order valence-corrected chi connectivity index (χ0v) is 14.1. The monoisotopic (exact) mass is 332 g/mol. The molecule has 2 amide bonds. The molecule has 1 heterocycles. The Bertz CT molecular complexity index is 612. The number of nitrogens with zero attached hydrogens (tertiary/aromatic N) is 1. The number of nitrogens with one attached hydrogen (secondary N) is 1. The van der Waals surface area contributed by atoms with Gasteiger partial charge in [-0.2, -0.15) is 0 Å². The molecule has 0 unspecified atom stereocenters. The van der Waals surface area contributed by atoms with E-state index in [4.69, 9.17) is 5.11 Å². The number of aliphatic carboxylic acids is 1. The number of amides is 2. The molecule has 6 heteroatoms. The zero-order chi connectivity index (χ0) is 17.7. The Hall–Kier alpha value is -2.37. The predicted octanol–water partition coefficient (Wildman–Crippen LogP) is 1.89. The normalized spacial score (nSPS) is 18.8. The van der Waals surface area contributed by atoms with Crippen molar-refractivity contribution in [1.82, 2.24) is 10.2 Å². The number of hydrogen-bond acceptors (Lipinski definition) is 3. The number of aryl methyl sites for hydroxylation is 1. The van der Waals surface area contributed by atoms with E-state index in [1.165, 1.54) is 6.92 Å². The molecule has 2 N–H and O–H groups in total. The van der Waals surface area contributed by atoms with Gasteiger partial charge in [0, 0.05) is 20.0 Å². The number of carboxylic acids is 1. The summed E-state index contributed by atoms with van der Waals surface area (Å²) in [6.45, 7) is 4.22. The van der Waals surface area contributed by atoms with Gasteiger partial charge in [-0.1, -0.05) is 29.8 Å². The fourth-order valence-electron chi connectivity index (χ4n) is 3.01. The average Bonchev–Trinajstić information content (AvgIpc) is 2.54. The molecule has 0 bridgehead atoms. The van der Waals surface area contributed by atoms with E-state index in [1.807, 2.05) is 31.2 Å². The number of rotatable bonds is 5. The lowest BCUT2D eigenvalue weighted by molar-refractivity contribution is -0.145. The molecule has 0 saturated carbocycles. The summed E-state index contributed by atoms with van der Waals surface area (Å²) in [4.78, 5) is 36.8. The molecule has 0 radical (unpaired) electrons. The molecular weight excluding hydrogens is 308 g/mol. The van der Waals surface area contributed by atoms with E-state index < -0.39 is 17.9 Å². The first-order chi connectivity index (χ1) is 11.4. The van der Waals surface area contributed by atoms with E-state index in [9.17, 15) is 14.4 Å². The van der Waals surface area contributed by atoms with Gasteiger partial charge >= 0.3 is 5.97 Å². The van der Waals surface area contributed by atoms with Gasteiger partial charge in [0.2, 0.25) is 11.8 Å². The summed E-state index contributed by atoms with van der Waals surface area (Å²) in [5, 5.41) is 12.0. The molecule has 0 spiro atoms. The molecule has 2 atom stereocenters. The van der Waals surface area contributed by atoms with Crippen molar-refractivity contribution >= 4 is 17.8 Å². The summed E-state index contributed by atoms with van der Waals surface area (Å²) in [7, 11) is 0. The molecule has 24 heavy (non-hydrogen) atoms. The average molecular weight is 332 g/mol. The maximum Gasteiger partial charge on any atom is 0.308 e. The van der Waals surface area contributed by atoms with Crippen molar-refractivity contribution in [3.8, 4) is 0 Å². The molecule has 1 fully saturated rings. The van der Waals surface area contributed by atoms with Crippen molar-refractivity contribution in [3.63, 3.8) is 0 Å². The molecule has 1 aliphatic heterocycles. The van der Waals surface area contributed by atoms with E-state index in [0.717, 1.165) is 11.1 Å². The topological polar surface area (TPSA) is 86.7 Å². The number of carbonyl (C=O) groups is 3. The number of carboxylic acid groups (broad SMARTS) is 1. The fraction of sp³-hybridized carbons (Fsp3) is 0.500. The van der Waals surface area contributed by atoms with E-state index >= 15 is 0 Å². The SMILES string of the molecule is CC(=O)N[C@H](CC(=O)N1CCC[C@@H](C(=O)O)C1)c1ccc(C)cc1. The summed E-state index contributed by atoms with van der Waals surface area (Å²) in [6.07, 6.45) is 1.43. The fourth-order valence-corrected chi connectivity index (χ4v) is 3.01. The Morgan fingerprint density at radius 2 is 1.96 bits per heavy atom. The minimum absolute atomic E-state index is 0.125. The van der Waals surface area contributed by atoms with Crippen LogP contribution in [-0.2, 0) is 14.4 Å². The van der Waals surface area contributed by atoms with E-state index in [0.29, 0.717) is 19.4 Å². The van der Waals surface area contributed by atoms with Crippen LogP contribution in [0.4, 0.5) is 0 Å². The van der Waals surface area contributed by atoms with Crippen LogP contribution >= 0.6 is 0 Å². The first kappa shape index (κ1) is 18.0. The smallest absolute Gasteiger partial charge is 0.308 e. The third-order valence-corrected chi connectivity index (χ3v) is 4.36. The predicted molar refractivity (Wildman–Crippen MR) is 89.3 cm³/mol. The number of likely N-dealkylation sites (tertiary alicyclic amines) is 1. The summed E-state index contributed by atoms with van der Waals surface area (Å²) in [5.41, 5.74) is 1.97. The van der Waals surface area contributed by atoms with Gasteiger partial charge in [-0.05, 0) is 25.3 Å². The van der Waals surface area contributed by atoms with Crippen LogP contribution in [0.5, 0.6) is 0 Å². The number of piperidine rings is 1. The molecule has 1 saturated heterocycles. The quantitative estimate of drug-likeness (QED) is 0.862. The third-order valence-electron chi connectivity index (χ3n) is 4.36. The Labute approximate surface area is 141 Å². The molecule has 1 aromatic carbocycles. The van der Waals surface area contributed by atoms with Crippen LogP contribution < -0.4 is 5.32 Å². The van der Waals surface area contributed by atoms with E-state index in [2.05, 4.69) is 5.32 Å². The van der Waals surface area contributed by atoms with Gasteiger partial charge in [0.15, 0.2) is 0 Å². The van der Waals surface area contributed by atoms with Gasteiger partial charge in [-0.25, -0.2) is 0 Å². The first-order valence-electron chi connectivity index (χ1n) is 8.21. The summed E-state index contributed by atoms with van der Waals surface area (Å²) >= 11 is 0. The maximum absolute atomic E-state index is 12.6. The molecule has 2 rings (SSSR count). The molecule has 1 aliphatic rings. The highest BCUT2D eigenvalue weighted by Gasteiger charge is 2.29. The highest BCUT2D eigenvalue weighted by atomic mass is 16.4. The van der Waals surface area contributed by atoms with E-state index in [-0.39, 0.29) is 24.8 Å². The van der Waals surface area contributed by atoms with Crippen molar-refractivity contribution in [1.29, 1.82) is 0 Å². The summed E-state index contributed by atoms with van der Waals surface area (Å²) in [6, 6.07) is 7.28. The van der Waals surface area contributed by atoms with Gasteiger partial charge in [-0.15, -0.1) is 0 Å². The first-order valence-corrected chi connectivity index (χ1v) is 8.21. The minimum atomic E-state index is -0.857. The molecule has 0 aromatic heterocycles. The van der Waals surface area contributed by atoms with Crippen LogP contribution in [-0.4, -0.2) is 40.9 Å². The van der Waals surface area contributed by atoms with Crippen molar-refractivity contribution < 1.29 is 19.5 Å². The number of benzene rings is 1. The molecular formula is C18H24N2O4. The largest absolute Gasteiger partial charge is 0.481 e. The maximum atomic E-state index is 12.6. The molecule has 1 aromatic rings. The minimum Gasteiger partial charge on any atom is -0.481 e. The van der Waals surface area contributed by atoms with Crippen LogP contribution in [0, 0.1) is 12.8 Å². The second-order valence-electron chi connectivity index (χ2n) is 6.39. The van der Waals surface area contributed by atoms with Gasteiger partial charge in [0.05, 0.1) is 18.4 Å². The van der Waals surface area contributed by atoms with Crippen LogP contribution in [0.3, 0.4) is 0 Å². The molecule has 0 aliphatic carbocycles. The lowest BCUT2D eigenvalue weighted by Gasteiger charge is -2.32. The second kappa shape index (κ2) is 7.95. The van der Waals surface area contributed by atoms with Crippen LogP contribution in [0.15, 0.2) is 24.3 Å². The summed E-state index contributed by atoms with van der Waals surface area (Å²) < 4.78 is 0. The number of carbonyl (C=O) groups excluding carboxylic acids is 2. The standard InChI is InChI=1S/C18H24N2O4/c1-12-5-7-14(8-6-12)16(19-13(2)21)10-17(22)20-9-3-4-15(11-20)18(23)24/h5-8,15-16H,3-4,9-11H2,1-2H3,(H,19,21)(H,23,24)/t15-,16-/m1/s1. The van der Waals surface area contributed by atoms with Crippen molar-refractivity contribution in [2.45, 2.75) is 39.2 Å². The lowest BCUT2D eigenvalue weighted by atomic mass is 9.96. The van der Waals surface area contributed by atoms with Gasteiger partial charge in [-0.3, -0.25) is 14.4 Å². The van der Waals surface area contributed by atoms with Crippen LogP contribution in [0.25, 0.3) is 0 Å². The molecule has 130 valence electrons. The van der Waals surface area contributed by atoms with Gasteiger partial charge < -0.3 is 15.3 Å². The Kier molecular flexibility index (Phi) is 5.95. The highest BCUT2D eigenvalue weighted by molar-refractivity contribution is 5.80. The van der Waals surface area contributed by atoms with Gasteiger partial charge in [0.1, 0.15) is 0 Å². The Balaban J connectivity index is 2.08. The zero-order valence-electron chi connectivity index (χ0n) is 14.1. The van der Waals surface area contributed by atoms with Crippen LogP contribution in [0.1, 0.15) is 43.4 Å². The third kappa shape index (κ3) is 4.81. The van der Waals surface area contributed by atoms with Crippen LogP contribution in [0.2, 0.25) is 0 Å². The Morgan fingerprint density at radius 3 is 2.54 bits per heavy atom. The Morgan fingerprint density at radius 1 is 1.29 bits per heavy atom. The highest BCUT2D eigenvalue weighted by Crippen LogP contribution is 2.22. The second-order valence-corrected chi connectivity index (χ2v) is 6.39. The van der Waals surface area contributed by atoms with Gasteiger partial charge in [0.25, 0.3) is 0 Å². The van der Waals surface area contributed by atoms with E-state index in [1.54, 1.807) is 4.90 Å². The lowest BCUT2D eigenvalue weighted by Crippen LogP contribution is -2.43. The van der Waals surface area contributed by atoms with Crippen molar-refractivity contribution in [2.24, 2.45) is 5.92 Å². The number of hydrogen-bond donors (Lipinski definition) is 2. The van der Waals surface area contributed by atoms with Crippen molar-refractivity contribution in [2.75, 3.05) is 13.1 Å². The molecule has 6 nitrogen and oxygen atoms in total.